The van der Waals surface area contributed by atoms with E-state index < -0.39 is 0 Å². The Kier molecular flexibility index (Phi) is 3.65. The van der Waals surface area contributed by atoms with Gasteiger partial charge in [0.2, 0.25) is 0 Å². The Morgan fingerprint density at radius 3 is 1.89 bits per heavy atom. The molecular formula is C15H14Br2N2. The standard InChI is InChI=1S/C15H14Br2N2/c16-10-2-4-12-13-5-3-11(17)9-15(13)19(7-1-6-18)14(12)8-10/h2-5,8-9H,1,6-7,18H2. The molecule has 0 amide bonds. The number of hydrogen-bond acceptors (Lipinski definition) is 1. The van der Waals surface area contributed by atoms with Gasteiger partial charge in [-0.3, -0.25) is 0 Å². The molecule has 19 heavy (non-hydrogen) atoms. The fourth-order valence-corrected chi connectivity index (χ4v) is 3.23. The molecular weight excluding hydrogens is 368 g/mol. The Hall–Kier alpha value is -0.840. The molecule has 2 aromatic carbocycles. The Balaban J connectivity index is 2.36. The molecule has 0 spiro atoms. The highest BCUT2D eigenvalue weighted by Gasteiger charge is 2.10. The van der Waals surface area contributed by atoms with Crippen molar-refractivity contribution in [3.05, 3.63) is 45.3 Å². The van der Waals surface area contributed by atoms with Gasteiger partial charge in [-0.2, -0.15) is 0 Å². The van der Waals surface area contributed by atoms with E-state index in [0.29, 0.717) is 6.54 Å². The lowest BCUT2D eigenvalue weighted by molar-refractivity contribution is 0.687. The van der Waals surface area contributed by atoms with Crippen molar-refractivity contribution in [1.29, 1.82) is 0 Å². The predicted molar refractivity (Wildman–Crippen MR) is 88.5 cm³/mol. The van der Waals surface area contributed by atoms with Crippen LogP contribution >= 0.6 is 31.9 Å². The van der Waals surface area contributed by atoms with Crippen LogP contribution in [0.1, 0.15) is 6.42 Å². The third-order valence-electron chi connectivity index (χ3n) is 3.38. The summed E-state index contributed by atoms with van der Waals surface area (Å²) < 4.78 is 4.57. The van der Waals surface area contributed by atoms with E-state index in [2.05, 4.69) is 72.8 Å². The zero-order valence-corrected chi connectivity index (χ0v) is 13.5. The summed E-state index contributed by atoms with van der Waals surface area (Å²) in [6.07, 6.45) is 0.984. The quantitative estimate of drug-likeness (QED) is 0.702. The maximum Gasteiger partial charge on any atom is 0.0502 e. The Bertz CT molecular complexity index is 687. The lowest BCUT2D eigenvalue weighted by Gasteiger charge is -2.06. The summed E-state index contributed by atoms with van der Waals surface area (Å²) in [5.74, 6) is 0. The first-order valence-corrected chi connectivity index (χ1v) is 7.86. The van der Waals surface area contributed by atoms with E-state index >= 15 is 0 Å². The van der Waals surface area contributed by atoms with Crippen LogP contribution in [0.5, 0.6) is 0 Å². The van der Waals surface area contributed by atoms with Gasteiger partial charge in [0.1, 0.15) is 0 Å². The first kappa shape index (κ1) is 13.2. The molecule has 2 nitrogen and oxygen atoms in total. The smallest absolute Gasteiger partial charge is 0.0502 e. The molecule has 3 rings (SSSR count). The molecule has 0 radical (unpaired) electrons. The van der Waals surface area contributed by atoms with Crippen molar-refractivity contribution in [3.63, 3.8) is 0 Å². The minimum atomic E-state index is 0.711. The van der Waals surface area contributed by atoms with Gasteiger partial charge in [0.25, 0.3) is 0 Å². The van der Waals surface area contributed by atoms with Gasteiger partial charge in [-0.25, -0.2) is 0 Å². The van der Waals surface area contributed by atoms with Crippen LogP contribution < -0.4 is 5.73 Å². The lowest BCUT2D eigenvalue weighted by atomic mass is 10.2. The minimum Gasteiger partial charge on any atom is -0.340 e. The average Bonchev–Trinajstić information content (AvgIpc) is 2.68. The number of rotatable bonds is 3. The van der Waals surface area contributed by atoms with E-state index in [-0.39, 0.29) is 0 Å². The van der Waals surface area contributed by atoms with E-state index in [1.54, 1.807) is 0 Å². The van der Waals surface area contributed by atoms with Crippen LogP contribution in [0.15, 0.2) is 45.3 Å². The summed E-state index contributed by atoms with van der Waals surface area (Å²) in [4.78, 5) is 0. The topological polar surface area (TPSA) is 30.9 Å². The van der Waals surface area contributed by atoms with Gasteiger partial charge in [-0.15, -0.1) is 0 Å². The van der Waals surface area contributed by atoms with Crippen LogP contribution in [0.2, 0.25) is 0 Å². The van der Waals surface area contributed by atoms with Crippen molar-refractivity contribution in [2.24, 2.45) is 5.73 Å². The third kappa shape index (κ3) is 2.33. The summed E-state index contributed by atoms with van der Waals surface area (Å²) in [6.45, 7) is 1.66. The van der Waals surface area contributed by atoms with Crippen LogP contribution in [0, 0.1) is 0 Å². The fourth-order valence-electron chi connectivity index (χ4n) is 2.53. The minimum absolute atomic E-state index is 0.711. The summed E-state index contributed by atoms with van der Waals surface area (Å²) in [5.41, 5.74) is 8.18. The molecule has 0 aliphatic carbocycles. The summed E-state index contributed by atoms with van der Waals surface area (Å²) in [7, 11) is 0. The van der Waals surface area contributed by atoms with E-state index in [0.717, 1.165) is 21.9 Å². The highest BCUT2D eigenvalue weighted by molar-refractivity contribution is 9.10. The van der Waals surface area contributed by atoms with Crippen molar-refractivity contribution < 1.29 is 0 Å². The van der Waals surface area contributed by atoms with Crippen LogP contribution in [0.3, 0.4) is 0 Å². The van der Waals surface area contributed by atoms with E-state index in [1.807, 2.05) is 0 Å². The molecule has 0 aliphatic heterocycles. The molecule has 0 bridgehead atoms. The average molecular weight is 382 g/mol. The maximum absolute atomic E-state index is 5.66. The first-order chi connectivity index (χ1) is 9.20. The number of aromatic nitrogens is 1. The largest absolute Gasteiger partial charge is 0.340 e. The normalized spacial score (nSPS) is 11.5. The molecule has 0 aliphatic rings. The number of nitrogens with zero attached hydrogens (tertiary/aromatic N) is 1. The van der Waals surface area contributed by atoms with Gasteiger partial charge in [0, 0.05) is 26.3 Å². The predicted octanol–water partition coefficient (Wildman–Crippen LogP) is 4.67. The zero-order valence-electron chi connectivity index (χ0n) is 10.4. The molecule has 0 saturated heterocycles. The van der Waals surface area contributed by atoms with Gasteiger partial charge < -0.3 is 10.3 Å². The summed E-state index contributed by atoms with van der Waals surface area (Å²) in [5, 5.41) is 2.59. The van der Waals surface area contributed by atoms with Gasteiger partial charge in [0.15, 0.2) is 0 Å². The van der Waals surface area contributed by atoms with Gasteiger partial charge in [-0.05, 0) is 37.2 Å². The van der Waals surface area contributed by atoms with Crippen molar-refractivity contribution in [1.82, 2.24) is 4.57 Å². The Labute approximate surface area is 128 Å². The van der Waals surface area contributed by atoms with E-state index in [4.69, 9.17) is 5.73 Å². The van der Waals surface area contributed by atoms with Crippen LogP contribution in [-0.2, 0) is 6.54 Å². The lowest BCUT2D eigenvalue weighted by Crippen LogP contribution is -2.05. The molecule has 4 heteroatoms. The highest BCUT2D eigenvalue weighted by Crippen LogP contribution is 2.32. The maximum atomic E-state index is 5.66. The number of hydrogen-bond donors (Lipinski definition) is 1. The molecule has 0 fully saturated rings. The Morgan fingerprint density at radius 2 is 1.42 bits per heavy atom. The van der Waals surface area contributed by atoms with Crippen LogP contribution in [-0.4, -0.2) is 11.1 Å². The molecule has 1 heterocycles. The van der Waals surface area contributed by atoms with Crippen molar-refractivity contribution in [3.8, 4) is 0 Å². The molecule has 0 atom stereocenters. The van der Waals surface area contributed by atoms with Crippen LogP contribution in [0.4, 0.5) is 0 Å². The van der Waals surface area contributed by atoms with Gasteiger partial charge in [0.05, 0.1) is 11.0 Å². The number of benzene rings is 2. The second-order valence-electron chi connectivity index (χ2n) is 4.62. The third-order valence-corrected chi connectivity index (χ3v) is 4.36. The molecule has 0 unspecified atom stereocenters. The monoisotopic (exact) mass is 380 g/mol. The molecule has 2 N–H and O–H groups in total. The fraction of sp³-hybridized carbons (Fsp3) is 0.200. The highest BCUT2D eigenvalue weighted by atomic mass is 79.9. The van der Waals surface area contributed by atoms with Crippen molar-refractivity contribution >= 4 is 53.7 Å². The van der Waals surface area contributed by atoms with Crippen molar-refractivity contribution in [2.45, 2.75) is 13.0 Å². The van der Waals surface area contributed by atoms with Crippen molar-refractivity contribution in [2.75, 3.05) is 6.54 Å². The zero-order chi connectivity index (χ0) is 13.4. The van der Waals surface area contributed by atoms with Gasteiger partial charge >= 0.3 is 0 Å². The number of nitrogens with two attached hydrogens (primary N) is 1. The molecule has 98 valence electrons. The summed E-state index contributed by atoms with van der Waals surface area (Å²) in [6, 6.07) is 12.9. The van der Waals surface area contributed by atoms with E-state index in [1.165, 1.54) is 21.8 Å². The second kappa shape index (κ2) is 5.27. The molecule has 0 saturated carbocycles. The number of aryl methyl sites for hydroxylation is 1. The summed E-state index contributed by atoms with van der Waals surface area (Å²) >= 11 is 7.12. The Morgan fingerprint density at radius 1 is 0.895 bits per heavy atom. The second-order valence-corrected chi connectivity index (χ2v) is 6.45. The molecule has 1 aromatic heterocycles. The molecule has 3 aromatic rings. The number of fused-ring (bicyclic) bond motifs is 3. The SMILES string of the molecule is NCCCn1c2cc(Br)ccc2c2ccc(Br)cc21. The number of halogens is 2. The van der Waals surface area contributed by atoms with Crippen LogP contribution in [0.25, 0.3) is 21.8 Å². The van der Waals surface area contributed by atoms with E-state index in [9.17, 15) is 0 Å². The first-order valence-electron chi connectivity index (χ1n) is 6.28. The van der Waals surface area contributed by atoms with Gasteiger partial charge in [-0.1, -0.05) is 44.0 Å².